The summed E-state index contributed by atoms with van der Waals surface area (Å²) in [5.74, 6) is 3.00. The van der Waals surface area contributed by atoms with Crippen LogP contribution in [0.25, 0.3) is 0 Å². The zero-order valence-corrected chi connectivity index (χ0v) is 16.1. The van der Waals surface area contributed by atoms with Crippen LogP contribution in [0.2, 0.25) is 0 Å². The third-order valence-corrected chi connectivity index (χ3v) is 7.05. The second-order valence-electron chi connectivity index (χ2n) is 8.72. The van der Waals surface area contributed by atoms with Crippen LogP contribution >= 0.6 is 0 Å². The Hall–Kier alpha value is -1.75. The lowest BCUT2D eigenvalue weighted by molar-refractivity contribution is 0.185. The van der Waals surface area contributed by atoms with Crippen LogP contribution in [0.1, 0.15) is 92.8 Å². The minimum absolute atomic E-state index is 0.291. The van der Waals surface area contributed by atoms with Crippen molar-refractivity contribution in [2.24, 2.45) is 0 Å². The van der Waals surface area contributed by atoms with Gasteiger partial charge in [0.15, 0.2) is 5.82 Å². The van der Waals surface area contributed by atoms with Crippen LogP contribution in [-0.4, -0.2) is 39.2 Å². The molecule has 27 heavy (non-hydrogen) atoms. The summed E-state index contributed by atoms with van der Waals surface area (Å²) >= 11 is 0. The normalized spacial score (nSPS) is 28.1. The van der Waals surface area contributed by atoms with E-state index in [1.54, 1.807) is 0 Å². The lowest BCUT2D eigenvalue weighted by Crippen LogP contribution is -2.35. The van der Waals surface area contributed by atoms with Gasteiger partial charge in [0.1, 0.15) is 0 Å². The van der Waals surface area contributed by atoms with Crippen molar-refractivity contribution in [1.82, 2.24) is 20.0 Å². The molecular weight excluding hydrogens is 336 g/mol. The fourth-order valence-electron chi connectivity index (χ4n) is 5.51. The first-order valence-corrected chi connectivity index (χ1v) is 10.9. The van der Waals surface area contributed by atoms with Crippen molar-refractivity contribution in [3.8, 4) is 0 Å². The number of hydrogen-bond donors (Lipinski definition) is 0. The molecule has 5 nitrogen and oxygen atoms in total. The van der Waals surface area contributed by atoms with E-state index in [1.165, 1.54) is 63.4 Å². The summed E-state index contributed by atoms with van der Waals surface area (Å²) in [4.78, 5) is 12.0. The number of hydrogen-bond acceptors (Lipinski definition) is 5. The summed E-state index contributed by atoms with van der Waals surface area (Å²) in [6, 6.07) is 4.98. The van der Waals surface area contributed by atoms with Crippen molar-refractivity contribution < 1.29 is 4.52 Å². The lowest BCUT2D eigenvalue weighted by Gasteiger charge is -2.31. The van der Waals surface area contributed by atoms with Gasteiger partial charge in [0, 0.05) is 43.4 Å². The molecule has 0 N–H and O–H groups in total. The van der Waals surface area contributed by atoms with Crippen LogP contribution in [0.4, 0.5) is 0 Å². The summed E-state index contributed by atoms with van der Waals surface area (Å²) < 4.78 is 5.84. The Balaban J connectivity index is 1.40. The highest BCUT2D eigenvalue weighted by Crippen LogP contribution is 2.42. The summed E-state index contributed by atoms with van der Waals surface area (Å²) in [6.45, 7) is 2.12. The molecule has 3 heterocycles. The largest absolute Gasteiger partial charge is 0.339 e. The SMILES string of the molecule is c1cncc([C@@H]2CN(C3CCCCC3)C[C@H]2c2nc(C3CCCC3)no2)c1. The molecule has 5 heteroatoms. The molecule has 144 valence electrons. The summed E-state index contributed by atoms with van der Waals surface area (Å²) in [7, 11) is 0. The molecule has 5 rings (SSSR count). The first-order valence-electron chi connectivity index (χ1n) is 10.9. The standard InChI is InChI=1S/C22H30N4O/c1-2-10-18(11-3-1)26-14-19(17-9-6-12-23-13-17)20(15-26)22-24-21(25-27-22)16-7-4-5-8-16/h6,9,12-13,16,18-20H,1-5,7-8,10-11,14-15H2/t19-,20+/m0/s1. The maximum Gasteiger partial charge on any atom is 0.231 e. The summed E-state index contributed by atoms with van der Waals surface area (Å²) in [5, 5.41) is 4.39. The third kappa shape index (κ3) is 3.54. The molecule has 0 unspecified atom stereocenters. The molecule has 3 fully saturated rings. The molecule has 2 atom stereocenters. The van der Waals surface area contributed by atoms with Gasteiger partial charge in [-0.2, -0.15) is 4.98 Å². The number of rotatable bonds is 4. The highest BCUT2D eigenvalue weighted by molar-refractivity contribution is 5.23. The Labute approximate surface area is 161 Å². The van der Waals surface area contributed by atoms with E-state index >= 15 is 0 Å². The smallest absolute Gasteiger partial charge is 0.231 e. The van der Waals surface area contributed by atoms with Gasteiger partial charge >= 0.3 is 0 Å². The minimum Gasteiger partial charge on any atom is -0.339 e. The van der Waals surface area contributed by atoms with Crippen LogP contribution in [0, 0.1) is 0 Å². The molecule has 3 aliphatic rings. The maximum absolute atomic E-state index is 5.84. The van der Waals surface area contributed by atoms with E-state index in [2.05, 4.69) is 21.1 Å². The van der Waals surface area contributed by atoms with E-state index in [1.807, 2.05) is 18.5 Å². The Morgan fingerprint density at radius 3 is 2.48 bits per heavy atom. The average Bonchev–Trinajstić information content (AvgIpc) is 3.49. The average molecular weight is 367 g/mol. The van der Waals surface area contributed by atoms with Crippen LogP contribution in [0.15, 0.2) is 29.0 Å². The van der Waals surface area contributed by atoms with Gasteiger partial charge in [-0.25, -0.2) is 0 Å². The first-order chi connectivity index (χ1) is 13.4. The van der Waals surface area contributed by atoms with E-state index < -0.39 is 0 Å². The molecule has 0 amide bonds. The van der Waals surface area contributed by atoms with Gasteiger partial charge in [-0.3, -0.25) is 9.88 Å². The second-order valence-corrected chi connectivity index (χ2v) is 8.72. The van der Waals surface area contributed by atoms with Gasteiger partial charge in [0.25, 0.3) is 0 Å². The molecular formula is C22H30N4O. The topological polar surface area (TPSA) is 55.1 Å². The van der Waals surface area contributed by atoms with Crippen LogP contribution < -0.4 is 0 Å². The van der Waals surface area contributed by atoms with Crippen molar-refractivity contribution in [2.45, 2.75) is 81.6 Å². The zero-order chi connectivity index (χ0) is 18.1. The summed E-state index contributed by atoms with van der Waals surface area (Å²) in [6.07, 6.45) is 15.7. The van der Waals surface area contributed by atoms with E-state index in [0.29, 0.717) is 17.8 Å². The molecule has 2 aromatic rings. The molecule has 0 aromatic carbocycles. The molecule has 1 aliphatic heterocycles. The van der Waals surface area contributed by atoms with Crippen molar-refractivity contribution >= 4 is 0 Å². The maximum atomic E-state index is 5.84. The monoisotopic (exact) mass is 366 g/mol. The van der Waals surface area contributed by atoms with Crippen LogP contribution in [0.3, 0.4) is 0 Å². The highest BCUT2D eigenvalue weighted by atomic mass is 16.5. The van der Waals surface area contributed by atoms with E-state index in [4.69, 9.17) is 9.51 Å². The Kier molecular flexibility index (Phi) is 4.95. The van der Waals surface area contributed by atoms with E-state index in [0.717, 1.165) is 30.8 Å². The number of likely N-dealkylation sites (tertiary alicyclic amines) is 1. The lowest BCUT2D eigenvalue weighted by atomic mass is 9.90. The number of nitrogens with zero attached hydrogens (tertiary/aromatic N) is 4. The fourth-order valence-corrected chi connectivity index (χ4v) is 5.51. The van der Waals surface area contributed by atoms with Crippen molar-refractivity contribution in [3.63, 3.8) is 0 Å². The van der Waals surface area contributed by atoms with Crippen LogP contribution in [-0.2, 0) is 0 Å². The Morgan fingerprint density at radius 1 is 0.926 bits per heavy atom. The van der Waals surface area contributed by atoms with E-state index in [9.17, 15) is 0 Å². The molecule has 0 bridgehead atoms. The summed E-state index contributed by atoms with van der Waals surface area (Å²) in [5.41, 5.74) is 1.31. The molecule has 2 aromatic heterocycles. The molecule has 2 saturated carbocycles. The third-order valence-electron chi connectivity index (χ3n) is 7.05. The molecule has 0 radical (unpaired) electrons. The van der Waals surface area contributed by atoms with Gasteiger partial charge < -0.3 is 4.52 Å². The predicted molar refractivity (Wildman–Crippen MR) is 104 cm³/mol. The van der Waals surface area contributed by atoms with Crippen molar-refractivity contribution in [2.75, 3.05) is 13.1 Å². The Morgan fingerprint density at radius 2 is 1.70 bits per heavy atom. The Bertz CT molecular complexity index is 734. The minimum atomic E-state index is 0.291. The van der Waals surface area contributed by atoms with Gasteiger partial charge in [0.2, 0.25) is 5.89 Å². The predicted octanol–water partition coefficient (Wildman–Crippen LogP) is 4.64. The molecule has 0 spiro atoms. The fraction of sp³-hybridized carbons (Fsp3) is 0.682. The first kappa shape index (κ1) is 17.4. The van der Waals surface area contributed by atoms with E-state index in [-0.39, 0.29) is 0 Å². The molecule has 1 saturated heterocycles. The number of pyridine rings is 1. The second kappa shape index (κ2) is 7.70. The van der Waals surface area contributed by atoms with Crippen LogP contribution in [0.5, 0.6) is 0 Å². The van der Waals surface area contributed by atoms with Gasteiger partial charge in [0.05, 0.1) is 5.92 Å². The van der Waals surface area contributed by atoms with Gasteiger partial charge in [-0.05, 0) is 37.3 Å². The van der Waals surface area contributed by atoms with Crippen molar-refractivity contribution in [1.29, 1.82) is 0 Å². The van der Waals surface area contributed by atoms with Gasteiger partial charge in [-0.15, -0.1) is 0 Å². The number of aromatic nitrogens is 3. The zero-order valence-electron chi connectivity index (χ0n) is 16.1. The highest BCUT2D eigenvalue weighted by Gasteiger charge is 2.41. The van der Waals surface area contributed by atoms with Crippen molar-refractivity contribution in [3.05, 3.63) is 41.8 Å². The van der Waals surface area contributed by atoms with Gasteiger partial charge in [-0.1, -0.05) is 43.3 Å². The quantitative estimate of drug-likeness (QED) is 0.789. The molecule has 2 aliphatic carbocycles.